The molecular weight excluding hydrogens is 316 g/mol. The Morgan fingerprint density at radius 2 is 1.72 bits per heavy atom. The van der Waals surface area contributed by atoms with E-state index in [1.54, 1.807) is 20.3 Å². The minimum Gasteiger partial charge on any atom is -0.493 e. The number of aromatic nitrogens is 2. The second-order valence-electron chi connectivity index (χ2n) is 5.40. The molecule has 0 aliphatic rings. The second-order valence-corrected chi connectivity index (χ2v) is 5.40. The maximum absolute atomic E-state index is 12.3. The number of aryl methyl sites for hydroxylation is 1. The third kappa shape index (κ3) is 4.18. The van der Waals surface area contributed by atoms with Crippen molar-refractivity contribution >= 4 is 10.8 Å². The molecule has 0 aliphatic carbocycles. The summed E-state index contributed by atoms with van der Waals surface area (Å²) < 4.78 is 10.6. The topological polar surface area (TPSA) is 64.2 Å². The molecule has 5 nitrogen and oxygen atoms in total. The number of nitrogens with zero attached hydrogens (tertiary/aromatic N) is 1. The molecule has 2 aromatic heterocycles. The third-order valence-corrected chi connectivity index (χ3v) is 3.77. The normalized spacial score (nSPS) is 10.1. The van der Waals surface area contributed by atoms with Crippen LogP contribution in [-0.2, 0) is 6.42 Å². The Kier molecular flexibility index (Phi) is 6.17. The first-order valence-corrected chi connectivity index (χ1v) is 8.30. The largest absolute Gasteiger partial charge is 0.493 e. The predicted molar refractivity (Wildman–Crippen MR) is 101 cm³/mol. The number of fused-ring (bicyclic) bond motifs is 1. The second kappa shape index (κ2) is 8.33. The average molecular weight is 340 g/mol. The number of aromatic amines is 1. The summed E-state index contributed by atoms with van der Waals surface area (Å²) in [6.07, 6.45) is 2.44. The van der Waals surface area contributed by atoms with E-state index in [-0.39, 0.29) is 5.56 Å². The molecule has 0 amide bonds. The first-order valence-electron chi connectivity index (χ1n) is 8.30. The van der Waals surface area contributed by atoms with Crippen molar-refractivity contribution in [1.82, 2.24) is 9.97 Å². The highest BCUT2D eigenvalue weighted by Gasteiger charge is 2.10. The van der Waals surface area contributed by atoms with Crippen LogP contribution in [0.5, 0.6) is 11.5 Å². The Hall–Kier alpha value is -2.82. The molecule has 0 saturated carbocycles. The number of nitrogens with one attached hydrogen (secondary N) is 1. The Balaban J connectivity index is 0.00000109. The van der Waals surface area contributed by atoms with Crippen molar-refractivity contribution in [1.29, 1.82) is 0 Å². The molecular formula is C20H24N2O3. The van der Waals surface area contributed by atoms with E-state index in [1.807, 2.05) is 51.2 Å². The van der Waals surface area contributed by atoms with Crippen molar-refractivity contribution in [3.8, 4) is 11.5 Å². The van der Waals surface area contributed by atoms with E-state index in [9.17, 15) is 4.79 Å². The molecule has 2 heterocycles. The van der Waals surface area contributed by atoms with Gasteiger partial charge in [-0.3, -0.25) is 9.78 Å². The molecule has 1 aromatic carbocycles. The lowest BCUT2D eigenvalue weighted by Gasteiger charge is -2.10. The minimum atomic E-state index is -0.140. The highest BCUT2D eigenvalue weighted by molar-refractivity contribution is 5.85. The molecule has 0 saturated heterocycles. The molecule has 0 aliphatic heterocycles. The van der Waals surface area contributed by atoms with Gasteiger partial charge in [-0.05, 0) is 42.1 Å². The molecule has 3 rings (SSSR count). The van der Waals surface area contributed by atoms with Gasteiger partial charge in [0.1, 0.15) is 0 Å². The molecule has 0 bridgehead atoms. The molecule has 1 N–H and O–H groups in total. The first kappa shape index (κ1) is 18.5. The number of rotatable bonds is 4. The van der Waals surface area contributed by atoms with Crippen LogP contribution in [0.2, 0.25) is 0 Å². The van der Waals surface area contributed by atoms with Crippen LogP contribution < -0.4 is 15.0 Å². The summed E-state index contributed by atoms with van der Waals surface area (Å²) in [6.45, 7) is 5.95. The lowest BCUT2D eigenvalue weighted by molar-refractivity contribution is 0.356. The lowest BCUT2D eigenvalue weighted by Crippen LogP contribution is -2.10. The molecule has 3 aromatic rings. The van der Waals surface area contributed by atoms with Crippen LogP contribution in [0.25, 0.3) is 10.8 Å². The summed E-state index contributed by atoms with van der Waals surface area (Å²) in [5.74, 6) is 1.15. The molecule has 132 valence electrons. The molecule has 0 radical (unpaired) electrons. The number of benzene rings is 1. The summed E-state index contributed by atoms with van der Waals surface area (Å²) in [7, 11) is 3.13. The van der Waals surface area contributed by atoms with Crippen molar-refractivity contribution in [2.24, 2.45) is 0 Å². The number of hydrogen-bond donors (Lipinski definition) is 1. The smallest absolute Gasteiger partial charge is 0.256 e. The zero-order chi connectivity index (χ0) is 18.4. The van der Waals surface area contributed by atoms with Crippen LogP contribution in [0, 0.1) is 6.92 Å². The maximum Gasteiger partial charge on any atom is 0.256 e. The van der Waals surface area contributed by atoms with Crippen molar-refractivity contribution in [2.75, 3.05) is 14.2 Å². The highest BCUT2D eigenvalue weighted by atomic mass is 16.5. The van der Waals surface area contributed by atoms with Gasteiger partial charge in [-0.2, -0.15) is 0 Å². The van der Waals surface area contributed by atoms with E-state index in [2.05, 4.69) is 9.97 Å². The number of H-pyrrole nitrogens is 1. The third-order valence-electron chi connectivity index (χ3n) is 3.77. The van der Waals surface area contributed by atoms with Gasteiger partial charge in [0.15, 0.2) is 11.5 Å². The van der Waals surface area contributed by atoms with Crippen LogP contribution in [0.4, 0.5) is 0 Å². The summed E-state index contributed by atoms with van der Waals surface area (Å²) in [4.78, 5) is 19.5. The molecule has 0 fully saturated rings. The number of pyridine rings is 2. The molecule has 25 heavy (non-hydrogen) atoms. The van der Waals surface area contributed by atoms with Gasteiger partial charge in [-0.1, -0.05) is 19.9 Å². The molecule has 5 heteroatoms. The van der Waals surface area contributed by atoms with Gasteiger partial charge >= 0.3 is 0 Å². The zero-order valence-electron chi connectivity index (χ0n) is 15.3. The van der Waals surface area contributed by atoms with E-state index in [4.69, 9.17) is 9.47 Å². The van der Waals surface area contributed by atoms with Gasteiger partial charge in [0.2, 0.25) is 0 Å². The Morgan fingerprint density at radius 1 is 1.04 bits per heavy atom. The van der Waals surface area contributed by atoms with Gasteiger partial charge in [-0.25, -0.2) is 0 Å². The zero-order valence-corrected chi connectivity index (χ0v) is 15.3. The van der Waals surface area contributed by atoms with Crippen molar-refractivity contribution in [3.05, 3.63) is 63.8 Å². The molecule has 0 atom stereocenters. The lowest BCUT2D eigenvalue weighted by atomic mass is 10.1. The fourth-order valence-electron chi connectivity index (χ4n) is 2.57. The summed E-state index contributed by atoms with van der Waals surface area (Å²) in [5, 5.41) is 1.40. The van der Waals surface area contributed by atoms with Crippen molar-refractivity contribution in [2.45, 2.75) is 27.2 Å². The van der Waals surface area contributed by atoms with Gasteiger partial charge in [-0.15, -0.1) is 0 Å². The molecule has 0 spiro atoms. The van der Waals surface area contributed by atoms with E-state index in [0.717, 1.165) is 22.3 Å². The monoisotopic (exact) mass is 340 g/mol. The Labute approximate surface area is 147 Å². The van der Waals surface area contributed by atoms with Crippen LogP contribution in [0.1, 0.15) is 30.8 Å². The van der Waals surface area contributed by atoms with E-state index in [1.165, 1.54) is 0 Å². The van der Waals surface area contributed by atoms with Crippen molar-refractivity contribution < 1.29 is 9.47 Å². The van der Waals surface area contributed by atoms with Gasteiger partial charge in [0.25, 0.3) is 5.56 Å². The Morgan fingerprint density at radius 3 is 2.32 bits per heavy atom. The van der Waals surface area contributed by atoms with E-state index >= 15 is 0 Å². The van der Waals surface area contributed by atoms with Crippen LogP contribution in [0.15, 0.2) is 41.3 Å². The van der Waals surface area contributed by atoms with Crippen molar-refractivity contribution in [3.63, 3.8) is 0 Å². The van der Waals surface area contributed by atoms with E-state index in [0.29, 0.717) is 23.3 Å². The maximum atomic E-state index is 12.3. The first-order chi connectivity index (χ1) is 12.1. The molecule has 0 unspecified atom stereocenters. The summed E-state index contributed by atoms with van der Waals surface area (Å²) in [5.41, 5.74) is 2.71. The Bertz CT molecular complexity index is 899. The average Bonchev–Trinajstić information content (AvgIpc) is 2.64. The highest BCUT2D eigenvalue weighted by Crippen LogP contribution is 2.31. The summed E-state index contributed by atoms with van der Waals surface area (Å²) >= 11 is 0. The fraction of sp³-hybridized carbons (Fsp3) is 0.300. The quantitative estimate of drug-likeness (QED) is 0.783. The number of ether oxygens (including phenoxy) is 2. The fourth-order valence-corrected chi connectivity index (χ4v) is 2.57. The van der Waals surface area contributed by atoms with Crippen LogP contribution >= 0.6 is 0 Å². The van der Waals surface area contributed by atoms with Gasteiger partial charge in [0, 0.05) is 24.0 Å². The SMILES string of the molecule is CC.COc1cc2cc(Cc3ccc(C)nc3)[nH]c(=O)c2cc1OC. The number of hydrogen-bond acceptors (Lipinski definition) is 4. The van der Waals surface area contributed by atoms with Gasteiger partial charge < -0.3 is 14.5 Å². The summed E-state index contributed by atoms with van der Waals surface area (Å²) in [6, 6.07) is 9.45. The van der Waals surface area contributed by atoms with Crippen LogP contribution in [0.3, 0.4) is 0 Å². The van der Waals surface area contributed by atoms with Gasteiger partial charge in [0.05, 0.1) is 19.6 Å². The van der Waals surface area contributed by atoms with Crippen LogP contribution in [-0.4, -0.2) is 24.2 Å². The van der Waals surface area contributed by atoms with E-state index < -0.39 is 0 Å². The number of methoxy groups -OCH3 is 2. The standard InChI is InChI=1S/C18H18N2O3.C2H6/c1-11-4-5-12(10-19-11)6-14-7-13-8-16(22-2)17(23-3)9-15(13)18(21)20-14;1-2/h4-5,7-10H,6H2,1-3H3,(H,20,21);1-2H3. The predicted octanol–water partition coefficient (Wildman–Crippen LogP) is 3.87. The minimum absolute atomic E-state index is 0.140.